The molecule has 0 bridgehead atoms. The Morgan fingerprint density at radius 2 is 2.00 bits per heavy atom. The summed E-state index contributed by atoms with van der Waals surface area (Å²) in [4.78, 5) is 28.1. The highest BCUT2D eigenvalue weighted by Crippen LogP contribution is 2.39. The van der Waals surface area contributed by atoms with Crippen LogP contribution in [-0.2, 0) is 35.3 Å². The van der Waals surface area contributed by atoms with E-state index in [2.05, 4.69) is 45.4 Å². The summed E-state index contributed by atoms with van der Waals surface area (Å²) in [5, 5.41) is 15.3. The maximum atomic E-state index is 12.9. The monoisotopic (exact) mass is 532 g/mol. The molecule has 0 saturated carbocycles. The van der Waals surface area contributed by atoms with Crippen molar-refractivity contribution in [3.05, 3.63) is 32.3 Å². The van der Waals surface area contributed by atoms with Crippen LogP contribution >= 0.6 is 34.4 Å². The quantitative estimate of drug-likeness (QED) is 0.233. The first-order chi connectivity index (χ1) is 17.0. The van der Waals surface area contributed by atoms with Gasteiger partial charge >= 0.3 is 5.97 Å². The first-order valence-corrected chi connectivity index (χ1v) is 15.0. The van der Waals surface area contributed by atoms with Crippen molar-refractivity contribution in [3.63, 3.8) is 0 Å². The van der Waals surface area contributed by atoms with Gasteiger partial charge in [-0.1, -0.05) is 32.0 Å². The number of hydrogen-bond acceptors (Lipinski definition) is 8. The normalized spacial score (nSPS) is 13.0. The third-order valence-corrected chi connectivity index (χ3v) is 8.98. The van der Waals surface area contributed by atoms with Crippen LogP contribution in [-0.4, -0.2) is 39.0 Å². The predicted octanol–water partition coefficient (Wildman–Crippen LogP) is 6.22. The Balaban J connectivity index is 1.48. The number of ether oxygens (including phenoxy) is 1. The van der Waals surface area contributed by atoms with Crippen LogP contribution in [0, 0.1) is 0 Å². The zero-order valence-electron chi connectivity index (χ0n) is 20.5. The number of aryl methyl sites for hydroxylation is 2. The average molecular weight is 533 g/mol. The second kappa shape index (κ2) is 12.2. The van der Waals surface area contributed by atoms with Crippen LogP contribution in [0.1, 0.15) is 72.1 Å². The van der Waals surface area contributed by atoms with Crippen LogP contribution < -0.4 is 5.32 Å². The summed E-state index contributed by atoms with van der Waals surface area (Å²) in [6, 6.07) is 2.20. The van der Waals surface area contributed by atoms with Gasteiger partial charge in [-0.2, -0.15) is 0 Å². The van der Waals surface area contributed by atoms with Crippen molar-refractivity contribution < 1.29 is 14.3 Å². The molecule has 1 aliphatic carbocycles. The highest BCUT2D eigenvalue weighted by atomic mass is 32.2. The van der Waals surface area contributed by atoms with Crippen molar-refractivity contribution in [1.82, 2.24) is 14.8 Å². The lowest BCUT2D eigenvalue weighted by molar-refractivity contribution is -0.113. The lowest BCUT2D eigenvalue weighted by atomic mass is 9.95. The zero-order chi connectivity index (χ0) is 24.8. The van der Waals surface area contributed by atoms with E-state index in [-0.39, 0.29) is 17.6 Å². The Morgan fingerprint density at radius 3 is 2.77 bits per heavy atom. The molecule has 35 heavy (non-hydrogen) atoms. The highest BCUT2D eigenvalue weighted by molar-refractivity contribution is 7.99. The molecule has 188 valence electrons. The highest BCUT2D eigenvalue weighted by Gasteiger charge is 2.27. The van der Waals surface area contributed by atoms with Gasteiger partial charge < -0.3 is 14.6 Å². The number of nitrogens with one attached hydrogen (secondary N) is 1. The Kier molecular flexibility index (Phi) is 9.02. The minimum Gasteiger partial charge on any atom is -0.462 e. The van der Waals surface area contributed by atoms with Crippen molar-refractivity contribution in [2.75, 3.05) is 17.7 Å². The van der Waals surface area contributed by atoms with Crippen molar-refractivity contribution in [2.45, 2.75) is 77.4 Å². The molecule has 3 heterocycles. The second-order valence-electron chi connectivity index (χ2n) is 8.48. The predicted molar refractivity (Wildman–Crippen MR) is 144 cm³/mol. The summed E-state index contributed by atoms with van der Waals surface area (Å²) < 4.78 is 7.40. The van der Waals surface area contributed by atoms with Gasteiger partial charge in [0.05, 0.1) is 17.9 Å². The number of nitrogens with zero attached hydrogens (tertiary/aromatic N) is 3. The van der Waals surface area contributed by atoms with E-state index in [1.54, 1.807) is 18.3 Å². The number of carbonyl (C=O) groups is 2. The van der Waals surface area contributed by atoms with Crippen LogP contribution in [0.25, 0.3) is 11.4 Å². The summed E-state index contributed by atoms with van der Waals surface area (Å²) in [5.74, 6) is 0.536. The van der Waals surface area contributed by atoms with Gasteiger partial charge in [-0.15, -0.1) is 32.9 Å². The van der Waals surface area contributed by atoms with Crippen molar-refractivity contribution in [2.24, 2.45) is 0 Å². The summed E-state index contributed by atoms with van der Waals surface area (Å²) in [7, 11) is 0. The van der Waals surface area contributed by atoms with Crippen LogP contribution in [0.15, 0.2) is 16.6 Å². The summed E-state index contributed by atoms with van der Waals surface area (Å²) in [6.07, 6.45) is 7.09. The summed E-state index contributed by atoms with van der Waals surface area (Å²) in [6.45, 7) is 7.20. The minimum absolute atomic E-state index is 0.160. The Morgan fingerprint density at radius 1 is 1.17 bits per heavy atom. The lowest BCUT2D eigenvalue weighted by Crippen LogP contribution is -2.17. The van der Waals surface area contributed by atoms with Crippen molar-refractivity contribution in [3.8, 4) is 11.4 Å². The SMILES string of the molecule is CCCc1cc(-c2nnc(SCC(=O)Nc3sc4c(c3C(=O)OCC)CCCC4)n2CCC)cs1. The van der Waals surface area contributed by atoms with Crippen LogP contribution in [0.3, 0.4) is 0 Å². The van der Waals surface area contributed by atoms with E-state index in [4.69, 9.17) is 4.74 Å². The van der Waals surface area contributed by atoms with Crippen molar-refractivity contribution in [1.29, 1.82) is 0 Å². The molecule has 10 heteroatoms. The molecule has 0 aromatic carbocycles. The number of aromatic nitrogens is 3. The molecule has 3 aromatic heterocycles. The number of hydrogen-bond donors (Lipinski definition) is 1. The summed E-state index contributed by atoms with van der Waals surface area (Å²) >= 11 is 4.64. The zero-order valence-corrected chi connectivity index (χ0v) is 23.0. The Labute approximate surface area is 218 Å². The number of thioether (sulfide) groups is 1. The molecule has 0 spiro atoms. The van der Waals surface area contributed by atoms with E-state index in [9.17, 15) is 9.59 Å². The number of anilines is 1. The molecule has 0 radical (unpaired) electrons. The lowest BCUT2D eigenvalue weighted by Gasteiger charge is -2.12. The molecule has 7 nitrogen and oxygen atoms in total. The Bertz CT molecular complexity index is 1180. The number of thiophene rings is 2. The number of carbonyl (C=O) groups excluding carboxylic acids is 2. The molecule has 0 saturated heterocycles. The van der Waals surface area contributed by atoms with E-state index in [0.29, 0.717) is 17.2 Å². The molecular formula is C25H32N4O3S3. The number of rotatable bonds is 11. The second-order valence-corrected chi connectivity index (χ2v) is 11.5. The molecule has 4 rings (SSSR count). The van der Waals surface area contributed by atoms with Gasteiger partial charge in [-0.25, -0.2) is 4.79 Å². The fourth-order valence-corrected chi connectivity index (χ4v) is 7.30. The van der Waals surface area contributed by atoms with E-state index in [1.807, 2.05) is 0 Å². The van der Waals surface area contributed by atoms with Gasteiger partial charge in [0, 0.05) is 27.2 Å². The van der Waals surface area contributed by atoms with E-state index >= 15 is 0 Å². The molecule has 0 fully saturated rings. The Hall–Kier alpha value is -2.17. The van der Waals surface area contributed by atoms with Gasteiger partial charge in [-0.05, 0) is 57.1 Å². The molecule has 0 unspecified atom stereocenters. The molecule has 1 amide bonds. The third-order valence-electron chi connectivity index (χ3n) is 5.81. The molecule has 0 aliphatic heterocycles. The van der Waals surface area contributed by atoms with Gasteiger partial charge in [0.15, 0.2) is 11.0 Å². The fourth-order valence-electron chi connectivity index (χ4n) is 4.28. The van der Waals surface area contributed by atoms with Crippen LogP contribution in [0.4, 0.5) is 5.00 Å². The topological polar surface area (TPSA) is 86.1 Å². The first kappa shape index (κ1) is 25.9. The van der Waals surface area contributed by atoms with Gasteiger partial charge in [-0.3, -0.25) is 4.79 Å². The average Bonchev–Trinajstić information content (AvgIpc) is 3.55. The molecule has 1 N–H and O–H groups in total. The smallest absolute Gasteiger partial charge is 0.341 e. The number of esters is 1. The maximum Gasteiger partial charge on any atom is 0.341 e. The van der Waals surface area contributed by atoms with E-state index in [0.717, 1.165) is 73.6 Å². The van der Waals surface area contributed by atoms with Crippen molar-refractivity contribution >= 4 is 51.3 Å². The number of fused-ring (bicyclic) bond motifs is 1. The van der Waals surface area contributed by atoms with Gasteiger partial charge in [0.1, 0.15) is 5.00 Å². The summed E-state index contributed by atoms with van der Waals surface area (Å²) in [5.41, 5.74) is 2.67. The van der Waals surface area contributed by atoms with Crippen LogP contribution in [0.2, 0.25) is 0 Å². The molecule has 1 aliphatic rings. The maximum absolute atomic E-state index is 12.9. The van der Waals surface area contributed by atoms with Crippen LogP contribution in [0.5, 0.6) is 0 Å². The van der Waals surface area contributed by atoms with Gasteiger partial charge in [0.25, 0.3) is 0 Å². The standard InChI is InChI=1S/C25H32N4O3S3/c1-4-9-17-13-16(14-33-17)22-27-28-25(29(22)12-5-2)34-15-20(30)26-23-21(24(31)32-6-3)18-10-7-8-11-19(18)35-23/h13-14H,4-12,15H2,1-3H3,(H,26,30). The number of amides is 1. The molecule has 3 aromatic rings. The molecule has 0 atom stereocenters. The largest absolute Gasteiger partial charge is 0.462 e. The van der Waals surface area contributed by atoms with E-state index < -0.39 is 0 Å². The first-order valence-electron chi connectivity index (χ1n) is 12.3. The minimum atomic E-state index is -0.347. The molecular weight excluding hydrogens is 501 g/mol. The van der Waals surface area contributed by atoms with E-state index in [1.165, 1.54) is 32.9 Å². The van der Waals surface area contributed by atoms with Gasteiger partial charge in [0.2, 0.25) is 5.91 Å². The fraction of sp³-hybridized carbons (Fsp3) is 0.520. The third kappa shape index (κ3) is 5.98.